The molecule has 6 heteroatoms. The van der Waals surface area contributed by atoms with Crippen LogP contribution < -0.4 is 10.2 Å². The van der Waals surface area contributed by atoms with Crippen LogP contribution in [0.2, 0.25) is 0 Å². The second-order valence-corrected chi connectivity index (χ2v) is 8.10. The number of anilines is 2. The van der Waals surface area contributed by atoms with Gasteiger partial charge in [-0.05, 0) is 62.4 Å². The van der Waals surface area contributed by atoms with E-state index in [2.05, 4.69) is 34.3 Å². The number of fused-ring (bicyclic) bond motifs is 2. The molecule has 5 rings (SSSR count). The smallest absolute Gasteiger partial charge is 0.256 e. The Morgan fingerprint density at radius 3 is 2.73 bits per heavy atom. The summed E-state index contributed by atoms with van der Waals surface area (Å²) in [6.45, 7) is 5.18. The van der Waals surface area contributed by atoms with Gasteiger partial charge in [0.15, 0.2) is 0 Å². The fourth-order valence-electron chi connectivity index (χ4n) is 4.43. The maximum Gasteiger partial charge on any atom is 0.256 e. The number of nitrogens with zero attached hydrogens (tertiary/aromatic N) is 3. The van der Waals surface area contributed by atoms with Crippen molar-refractivity contribution >= 4 is 28.3 Å². The van der Waals surface area contributed by atoms with E-state index >= 15 is 0 Å². The zero-order valence-electron chi connectivity index (χ0n) is 17.3. The second kappa shape index (κ2) is 8.03. The van der Waals surface area contributed by atoms with Gasteiger partial charge < -0.3 is 15.0 Å². The van der Waals surface area contributed by atoms with Crippen LogP contribution in [-0.2, 0) is 17.6 Å². The Kier molecular flexibility index (Phi) is 5.09. The second-order valence-electron chi connectivity index (χ2n) is 8.10. The predicted molar refractivity (Wildman–Crippen MR) is 118 cm³/mol. The summed E-state index contributed by atoms with van der Waals surface area (Å²) in [6.07, 6.45) is 5.82. The number of carbonyl (C=O) groups excluding carboxylic acids is 1. The summed E-state index contributed by atoms with van der Waals surface area (Å²) in [5, 5.41) is 4.01. The summed E-state index contributed by atoms with van der Waals surface area (Å²) < 4.78 is 5.40. The molecule has 1 saturated heterocycles. The zero-order chi connectivity index (χ0) is 20.5. The normalized spacial score (nSPS) is 16.4. The number of benzene rings is 1. The van der Waals surface area contributed by atoms with Gasteiger partial charge in [-0.15, -0.1) is 0 Å². The predicted octanol–water partition coefficient (Wildman–Crippen LogP) is 3.91. The number of nitrogens with one attached hydrogen (secondary N) is 1. The van der Waals surface area contributed by atoms with Crippen molar-refractivity contribution in [3.05, 3.63) is 58.9 Å². The first kappa shape index (κ1) is 19.0. The highest BCUT2D eigenvalue weighted by Gasteiger charge is 2.23. The number of hydrogen-bond donors (Lipinski definition) is 1. The molecule has 3 heterocycles. The van der Waals surface area contributed by atoms with Crippen molar-refractivity contribution in [2.24, 2.45) is 0 Å². The highest BCUT2D eigenvalue weighted by Crippen LogP contribution is 2.30. The number of pyridine rings is 2. The van der Waals surface area contributed by atoms with Gasteiger partial charge in [0.05, 0.1) is 36.2 Å². The lowest BCUT2D eigenvalue weighted by Gasteiger charge is -2.27. The van der Waals surface area contributed by atoms with Gasteiger partial charge in [-0.25, -0.2) is 4.98 Å². The number of aryl methyl sites for hydroxylation is 2. The van der Waals surface area contributed by atoms with Crippen molar-refractivity contribution in [3.63, 3.8) is 0 Å². The zero-order valence-corrected chi connectivity index (χ0v) is 17.3. The van der Waals surface area contributed by atoms with E-state index < -0.39 is 0 Å². The van der Waals surface area contributed by atoms with Crippen LogP contribution in [-0.4, -0.2) is 42.2 Å². The molecule has 0 bridgehead atoms. The molecule has 1 amide bonds. The van der Waals surface area contributed by atoms with Gasteiger partial charge in [0.25, 0.3) is 5.91 Å². The van der Waals surface area contributed by atoms with E-state index in [0.29, 0.717) is 5.69 Å². The summed E-state index contributed by atoms with van der Waals surface area (Å²) >= 11 is 0. The van der Waals surface area contributed by atoms with E-state index in [9.17, 15) is 4.79 Å². The molecule has 2 aliphatic rings. The van der Waals surface area contributed by atoms with Gasteiger partial charge in [-0.1, -0.05) is 11.6 Å². The van der Waals surface area contributed by atoms with Gasteiger partial charge in [0.2, 0.25) is 0 Å². The topological polar surface area (TPSA) is 67.4 Å². The van der Waals surface area contributed by atoms with Crippen molar-refractivity contribution in [2.75, 3.05) is 36.5 Å². The molecule has 2 aromatic heterocycles. The average Bonchev–Trinajstić information content (AvgIpc) is 2.78. The van der Waals surface area contributed by atoms with Crippen LogP contribution in [0, 0.1) is 6.92 Å². The molecular weight excluding hydrogens is 376 g/mol. The lowest BCUT2D eigenvalue weighted by Crippen LogP contribution is -2.36. The van der Waals surface area contributed by atoms with Crippen LogP contribution in [0.15, 0.2) is 36.5 Å². The number of aromatic nitrogens is 2. The van der Waals surface area contributed by atoms with Gasteiger partial charge in [0.1, 0.15) is 5.82 Å². The summed E-state index contributed by atoms with van der Waals surface area (Å²) in [5.41, 5.74) is 5.69. The minimum Gasteiger partial charge on any atom is -0.378 e. The third-order valence-corrected chi connectivity index (χ3v) is 5.99. The monoisotopic (exact) mass is 402 g/mol. The fraction of sp³-hybridized carbons (Fsp3) is 0.375. The Hall–Kier alpha value is -2.99. The van der Waals surface area contributed by atoms with Crippen LogP contribution >= 0.6 is 0 Å². The van der Waals surface area contributed by atoms with E-state index in [1.165, 1.54) is 0 Å². The van der Waals surface area contributed by atoms with Crippen molar-refractivity contribution in [1.82, 2.24) is 9.97 Å². The Balaban J connectivity index is 1.46. The first-order valence-corrected chi connectivity index (χ1v) is 10.7. The van der Waals surface area contributed by atoms with Crippen molar-refractivity contribution < 1.29 is 9.53 Å². The highest BCUT2D eigenvalue weighted by atomic mass is 16.5. The van der Waals surface area contributed by atoms with Crippen molar-refractivity contribution in [3.8, 4) is 0 Å². The van der Waals surface area contributed by atoms with E-state index in [1.807, 2.05) is 18.2 Å². The fourth-order valence-corrected chi connectivity index (χ4v) is 4.43. The maximum absolute atomic E-state index is 13.4. The molecule has 1 N–H and O–H groups in total. The Morgan fingerprint density at radius 1 is 1.10 bits per heavy atom. The minimum absolute atomic E-state index is 0.0768. The average molecular weight is 402 g/mol. The van der Waals surface area contributed by atoms with Gasteiger partial charge >= 0.3 is 0 Å². The third kappa shape index (κ3) is 3.63. The Labute approximate surface area is 176 Å². The van der Waals surface area contributed by atoms with Crippen LogP contribution in [0.4, 0.5) is 11.5 Å². The number of amides is 1. The maximum atomic E-state index is 13.4. The lowest BCUT2D eigenvalue weighted by molar-refractivity contribution is 0.102. The summed E-state index contributed by atoms with van der Waals surface area (Å²) in [4.78, 5) is 25.0. The number of ether oxygens (including phenoxy) is 1. The number of hydrogen-bond acceptors (Lipinski definition) is 5. The molecule has 6 nitrogen and oxygen atoms in total. The van der Waals surface area contributed by atoms with E-state index in [-0.39, 0.29) is 5.91 Å². The standard InChI is InChI=1S/C24H26N4O2/c1-16-6-8-21-19(14-16)23(18-4-2-3-5-20(18)27-21)24(29)26-17-7-9-22(25-15-17)28-10-12-30-13-11-28/h6-9,14-15H,2-5,10-13H2,1H3,(H,26,29). The van der Waals surface area contributed by atoms with Crippen LogP contribution in [0.25, 0.3) is 10.9 Å². The number of carbonyl (C=O) groups is 1. The van der Waals surface area contributed by atoms with Crippen LogP contribution in [0.3, 0.4) is 0 Å². The highest BCUT2D eigenvalue weighted by molar-refractivity contribution is 6.13. The molecular formula is C24H26N4O2. The summed E-state index contributed by atoms with van der Waals surface area (Å²) in [5.74, 6) is 0.839. The number of rotatable bonds is 3. The minimum atomic E-state index is -0.0768. The molecule has 1 aliphatic heterocycles. The quantitative estimate of drug-likeness (QED) is 0.720. The largest absolute Gasteiger partial charge is 0.378 e. The lowest BCUT2D eigenvalue weighted by atomic mass is 9.89. The molecule has 3 aromatic rings. The molecule has 0 atom stereocenters. The summed E-state index contributed by atoms with van der Waals surface area (Å²) in [7, 11) is 0. The summed E-state index contributed by atoms with van der Waals surface area (Å²) in [6, 6.07) is 10.0. The molecule has 1 fully saturated rings. The van der Waals surface area contributed by atoms with E-state index in [4.69, 9.17) is 9.72 Å². The Morgan fingerprint density at radius 2 is 1.93 bits per heavy atom. The molecule has 0 saturated carbocycles. The van der Waals surface area contributed by atoms with Crippen molar-refractivity contribution in [2.45, 2.75) is 32.6 Å². The molecule has 154 valence electrons. The van der Waals surface area contributed by atoms with E-state index in [1.54, 1.807) is 6.20 Å². The first-order chi connectivity index (χ1) is 14.7. The Bertz CT molecular complexity index is 1090. The van der Waals surface area contributed by atoms with Crippen LogP contribution in [0.5, 0.6) is 0 Å². The molecule has 30 heavy (non-hydrogen) atoms. The van der Waals surface area contributed by atoms with Crippen LogP contribution in [0.1, 0.15) is 40.0 Å². The van der Waals surface area contributed by atoms with Gasteiger partial charge in [-0.3, -0.25) is 9.78 Å². The third-order valence-electron chi connectivity index (χ3n) is 5.99. The van der Waals surface area contributed by atoms with Gasteiger partial charge in [-0.2, -0.15) is 0 Å². The molecule has 1 aromatic carbocycles. The number of morpholine rings is 1. The van der Waals surface area contributed by atoms with Gasteiger partial charge in [0, 0.05) is 24.2 Å². The van der Waals surface area contributed by atoms with Crippen molar-refractivity contribution in [1.29, 1.82) is 0 Å². The molecule has 1 aliphatic carbocycles. The SMILES string of the molecule is Cc1ccc2nc3c(c(C(=O)Nc4ccc(N5CCOCC5)nc4)c2c1)CCCC3. The molecule has 0 spiro atoms. The molecule has 0 unspecified atom stereocenters. The molecule has 0 radical (unpaired) electrons. The first-order valence-electron chi connectivity index (χ1n) is 10.7. The van der Waals surface area contributed by atoms with E-state index in [0.717, 1.165) is 91.1 Å².